The molecule has 19 heavy (non-hydrogen) atoms. The van der Waals surface area contributed by atoms with Gasteiger partial charge in [-0.3, -0.25) is 10.1 Å². The van der Waals surface area contributed by atoms with Gasteiger partial charge in [-0.2, -0.15) is 0 Å². The SMILES string of the molecule is O=[N+]([O-])c1cc(Cl)ccc1Oc1ncccc1CCl. The van der Waals surface area contributed by atoms with Crippen LogP contribution in [0, 0.1) is 10.1 Å². The molecule has 0 spiro atoms. The van der Waals surface area contributed by atoms with Crippen LogP contribution in [0.2, 0.25) is 5.02 Å². The number of nitrogens with zero attached hydrogens (tertiary/aromatic N) is 2. The van der Waals surface area contributed by atoms with Gasteiger partial charge < -0.3 is 4.74 Å². The van der Waals surface area contributed by atoms with Crippen molar-refractivity contribution in [2.45, 2.75) is 5.88 Å². The first-order valence-corrected chi connectivity index (χ1v) is 6.14. The van der Waals surface area contributed by atoms with E-state index in [1.165, 1.54) is 24.4 Å². The number of ether oxygens (including phenoxy) is 1. The molecule has 0 saturated heterocycles. The lowest BCUT2D eigenvalue weighted by molar-refractivity contribution is -0.385. The summed E-state index contributed by atoms with van der Waals surface area (Å²) >= 11 is 11.5. The predicted octanol–water partition coefficient (Wildman–Crippen LogP) is 4.17. The van der Waals surface area contributed by atoms with Gasteiger partial charge in [0.1, 0.15) is 0 Å². The fourth-order valence-corrected chi connectivity index (χ4v) is 1.81. The molecule has 98 valence electrons. The van der Waals surface area contributed by atoms with E-state index in [1.807, 2.05) is 0 Å². The molecule has 0 amide bonds. The Balaban J connectivity index is 2.41. The van der Waals surface area contributed by atoms with E-state index in [1.54, 1.807) is 12.1 Å². The van der Waals surface area contributed by atoms with Crippen LogP contribution >= 0.6 is 23.2 Å². The van der Waals surface area contributed by atoms with E-state index in [9.17, 15) is 10.1 Å². The van der Waals surface area contributed by atoms with Crippen LogP contribution in [0.5, 0.6) is 11.6 Å². The third-order valence-corrected chi connectivity index (χ3v) is 2.84. The number of pyridine rings is 1. The number of benzene rings is 1. The topological polar surface area (TPSA) is 65.3 Å². The third kappa shape index (κ3) is 3.13. The fraction of sp³-hybridized carbons (Fsp3) is 0.0833. The van der Waals surface area contributed by atoms with Gasteiger partial charge in [-0.05, 0) is 18.2 Å². The van der Waals surface area contributed by atoms with Crippen molar-refractivity contribution in [2.75, 3.05) is 0 Å². The van der Waals surface area contributed by atoms with E-state index in [-0.39, 0.29) is 28.2 Å². The Morgan fingerprint density at radius 3 is 2.84 bits per heavy atom. The highest BCUT2D eigenvalue weighted by Crippen LogP contribution is 2.34. The molecule has 2 aromatic rings. The Labute approximate surface area is 118 Å². The molecule has 0 aliphatic heterocycles. The van der Waals surface area contributed by atoms with Crippen molar-refractivity contribution in [2.24, 2.45) is 0 Å². The maximum absolute atomic E-state index is 10.9. The molecular formula is C12H8Cl2N2O3. The summed E-state index contributed by atoms with van der Waals surface area (Å²) < 4.78 is 5.45. The average molecular weight is 299 g/mol. The minimum Gasteiger partial charge on any atom is -0.431 e. The van der Waals surface area contributed by atoms with Crippen LogP contribution < -0.4 is 4.74 Å². The van der Waals surface area contributed by atoms with E-state index in [0.717, 1.165) is 0 Å². The molecule has 0 atom stereocenters. The van der Waals surface area contributed by atoms with Gasteiger partial charge in [-0.1, -0.05) is 17.7 Å². The van der Waals surface area contributed by atoms with Gasteiger partial charge in [0.25, 0.3) is 0 Å². The quantitative estimate of drug-likeness (QED) is 0.482. The molecule has 0 bridgehead atoms. The Bertz CT molecular complexity index is 620. The second-order valence-electron chi connectivity index (χ2n) is 3.57. The van der Waals surface area contributed by atoms with Crippen molar-refractivity contribution in [3.05, 3.63) is 57.2 Å². The van der Waals surface area contributed by atoms with Crippen molar-refractivity contribution in [1.29, 1.82) is 0 Å². The lowest BCUT2D eigenvalue weighted by Crippen LogP contribution is -1.96. The van der Waals surface area contributed by atoms with Gasteiger partial charge in [0.15, 0.2) is 0 Å². The van der Waals surface area contributed by atoms with Crippen LogP contribution in [0.4, 0.5) is 5.69 Å². The number of nitro benzene ring substituents is 1. The lowest BCUT2D eigenvalue weighted by Gasteiger charge is -2.08. The van der Waals surface area contributed by atoms with Gasteiger partial charge in [0.2, 0.25) is 11.6 Å². The summed E-state index contributed by atoms with van der Waals surface area (Å²) in [6, 6.07) is 7.60. The zero-order valence-electron chi connectivity index (χ0n) is 9.55. The van der Waals surface area contributed by atoms with Gasteiger partial charge in [0, 0.05) is 22.8 Å². The maximum Gasteiger partial charge on any atom is 0.313 e. The highest BCUT2D eigenvalue weighted by molar-refractivity contribution is 6.30. The van der Waals surface area contributed by atoms with Crippen LogP contribution in [0.15, 0.2) is 36.5 Å². The number of rotatable bonds is 4. The van der Waals surface area contributed by atoms with Crippen LogP contribution in [-0.4, -0.2) is 9.91 Å². The smallest absolute Gasteiger partial charge is 0.313 e. The summed E-state index contributed by atoms with van der Waals surface area (Å²) in [5, 5.41) is 11.2. The zero-order valence-corrected chi connectivity index (χ0v) is 11.1. The number of alkyl halides is 1. The van der Waals surface area contributed by atoms with Crippen molar-refractivity contribution < 1.29 is 9.66 Å². The number of aromatic nitrogens is 1. The minimum absolute atomic E-state index is 0.0690. The first-order valence-electron chi connectivity index (χ1n) is 5.23. The number of halogens is 2. The summed E-state index contributed by atoms with van der Waals surface area (Å²) in [7, 11) is 0. The molecule has 0 saturated carbocycles. The molecule has 1 aromatic carbocycles. The molecule has 0 N–H and O–H groups in total. The molecule has 0 aliphatic carbocycles. The molecule has 5 nitrogen and oxygen atoms in total. The molecule has 0 unspecified atom stereocenters. The lowest BCUT2D eigenvalue weighted by atomic mass is 10.3. The van der Waals surface area contributed by atoms with Crippen molar-refractivity contribution in [3.8, 4) is 11.6 Å². The number of hydrogen-bond donors (Lipinski definition) is 0. The minimum atomic E-state index is -0.565. The molecular weight excluding hydrogens is 291 g/mol. The van der Waals surface area contributed by atoms with E-state index < -0.39 is 4.92 Å². The van der Waals surface area contributed by atoms with Gasteiger partial charge in [0.05, 0.1) is 10.8 Å². The van der Waals surface area contributed by atoms with E-state index >= 15 is 0 Å². The molecule has 1 aromatic heterocycles. The van der Waals surface area contributed by atoms with E-state index in [0.29, 0.717) is 5.56 Å². The van der Waals surface area contributed by atoms with E-state index in [4.69, 9.17) is 27.9 Å². The van der Waals surface area contributed by atoms with Gasteiger partial charge in [-0.25, -0.2) is 4.98 Å². The summed E-state index contributed by atoms with van der Waals surface area (Å²) in [5.41, 5.74) is 0.423. The van der Waals surface area contributed by atoms with Crippen molar-refractivity contribution in [3.63, 3.8) is 0 Å². The maximum atomic E-state index is 10.9. The molecule has 7 heteroatoms. The second-order valence-corrected chi connectivity index (χ2v) is 4.28. The largest absolute Gasteiger partial charge is 0.431 e. The summed E-state index contributed by atoms with van der Waals surface area (Å²) in [4.78, 5) is 14.4. The predicted molar refractivity (Wildman–Crippen MR) is 72.0 cm³/mol. The van der Waals surface area contributed by atoms with Gasteiger partial charge in [-0.15, -0.1) is 11.6 Å². The first kappa shape index (κ1) is 13.6. The summed E-state index contributed by atoms with van der Waals surface area (Å²) in [6.45, 7) is 0. The molecule has 2 rings (SSSR count). The Morgan fingerprint density at radius 2 is 2.16 bits per heavy atom. The van der Waals surface area contributed by atoms with Crippen LogP contribution in [-0.2, 0) is 5.88 Å². The highest BCUT2D eigenvalue weighted by Gasteiger charge is 2.17. The molecule has 0 fully saturated rings. The molecule has 0 radical (unpaired) electrons. The fourth-order valence-electron chi connectivity index (χ4n) is 1.44. The first-order chi connectivity index (χ1) is 9.11. The Kier molecular flexibility index (Phi) is 4.19. The Morgan fingerprint density at radius 1 is 1.37 bits per heavy atom. The molecule has 0 aliphatic rings. The molecule has 1 heterocycles. The van der Waals surface area contributed by atoms with Gasteiger partial charge >= 0.3 is 5.69 Å². The van der Waals surface area contributed by atoms with Crippen molar-refractivity contribution in [1.82, 2.24) is 4.98 Å². The summed E-state index contributed by atoms with van der Waals surface area (Å²) in [6.07, 6.45) is 1.52. The average Bonchev–Trinajstić information content (AvgIpc) is 2.41. The monoisotopic (exact) mass is 298 g/mol. The third-order valence-electron chi connectivity index (χ3n) is 2.32. The Hall–Kier alpha value is -1.85. The number of nitro groups is 1. The van der Waals surface area contributed by atoms with Crippen molar-refractivity contribution >= 4 is 28.9 Å². The normalized spacial score (nSPS) is 10.2. The highest BCUT2D eigenvalue weighted by atomic mass is 35.5. The van der Waals surface area contributed by atoms with Crippen LogP contribution in [0.3, 0.4) is 0 Å². The summed E-state index contributed by atoms with van der Waals surface area (Å²) in [5.74, 6) is 0.507. The van der Waals surface area contributed by atoms with Crippen LogP contribution in [0.25, 0.3) is 0 Å². The second kappa shape index (κ2) is 5.86. The van der Waals surface area contributed by atoms with Crippen LogP contribution in [0.1, 0.15) is 5.56 Å². The standard InChI is InChI=1S/C12H8Cl2N2O3/c13-7-8-2-1-5-15-12(8)19-11-4-3-9(14)6-10(11)16(17)18/h1-6H,7H2. The zero-order chi connectivity index (χ0) is 13.8. The number of hydrogen-bond acceptors (Lipinski definition) is 4. The van der Waals surface area contributed by atoms with E-state index in [2.05, 4.69) is 4.98 Å².